The van der Waals surface area contributed by atoms with Crippen molar-refractivity contribution in [1.82, 2.24) is 14.9 Å². The van der Waals surface area contributed by atoms with Crippen molar-refractivity contribution in [2.24, 2.45) is 0 Å². The van der Waals surface area contributed by atoms with E-state index in [-0.39, 0.29) is 5.91 Å². The zero-order valence-corrected chi connectivity index (χ0v) is 16.6. The molecule has 4 rings (SSSR count). The summed E-state index contributed by atoms with van der Waals surface area (Å²) in [5.41, 5.74) is 4.05. The van der Waals surface area contributed by atoms with Crippen LogP contribution in [0.25, 0.3) is 0 Å². The highest BCUT2D eigenvalue weighted by molar-refractivity contribution is 5.93. The molecule has 0 bridgehead atoms. The topological polar surface area (TPSA) is 61.4 Å². The largest absolute Gasteiger partial charge is 0.368 e. The summed E-state index contributed by atoms with van der Waals surface area (Å²) in [6.07, 6.45) is 1.45. The molecule has 3 aromatic rings. The number of hydrogen-bond acceptors (Lipinski definition) is 5. The van der Waals surface area contributed by atoms with E-state index in [9.17, 15) is 4.79 Å². The number of amides is 1. The summed E-state index contributed by atoms with van der Waals surface area (Å²) in [5.74, 6) is 0.615. The molecule has 0 atom stereocenters. The molecule has 0 aliphatic carbocycles. The van der Waals surface area contributed by atoms with Gasteiger partial charge in [0.05, 0.1) is 0 Å². The van der Waals surface area contributed by atoms with Gasteiger partial charge >= 0.3 is 0 Å². The van der Waals surface area contributed by atoms with Gasteiger partial charge in [-0.1, -0.05) is 42.5 Å². The number of hydrogen-bond donors (Lipinski definition) is 1. The summed E-state index contributed by atoms with van der Waals surface area (Å²) in [6.45, 7) is 5.76. The molecular formula is C23H25N5O. The smallest absolute Gasteiger partial charge is 0.272 e. The van der Waals surface area contributed by atoms with Crippen LogP contribution in [0.3, 0.4) is 0 Å². The number of nitrogens with zero attached hydrogens (tertiary/aromatic N) is 4. The van der Waals surface area contributed by atoms with Gasteiger partial charge in [0.1, 0.15) is 17.8 Å². The van der Waals surface area contributed by atoms with Crippen LogP contribution in [0.4, 0.5) is 11.5 Å². The first-order valence-electron chi connectivity index (χ1n) is 9.90. The number of rotatable bonds is 5. The van der Waals surface area contributed by atoms with Gasteiger partial charge < -0.3 is 15.1 Å². The number of carbonyl (C=O) groups excluding carboxylic acids is 1. The van der Waals surface area contributed by atoms with Gasteiger partial charge in [0.25, 0.3) is 5.91 Å². The van der Waals surface area contributed by atoms with Gasteiger partial charge in [-0.25, -0.2) is 9.97 Å². The molecule has 148 valence electrons. The Morgan fingerprint density at radius 3 is 2.52 bits per heavy atom. The first kappa shape index (κ1) is 18.9. The van der Waals surface area contributed by atoms with Crippen LogP contribution in [0, 0.1) is 6.92 Å². The Morgan fingerprint density at radius 1 is 0.966 bits per heavy atom. The second-order valence-electron chi connectivity index (χ2n) is 7.25. The molecule has 0 radical (unpaired) electrons. The zero-order valence-electron chi connectivity index (χ0n) is 16.6. The zero-order chi connectivity index (χ0) is 20.1. The van der Waals surface area contributed by atoms with Crippen molar-refractivity contribution in [3.8, 4) is 0 Å². The summed E-state index contributed by atoms with van der Waals surface area (Å²) in [7, 11) is 0. The summed E-state index contributed by atoms with van der Waals surface area (Å²) in [4.78, 5) is 25.5. The summed E-state index contributed by atoms with van der Waals surface area (Å²) in [5, 5.41) is 3.26. The molecule has 2 aromatic carbocycles. The molecule has 1 aliphatic rings. The first-order valence-corrected chi connectivity index (χ1v) is 9.90. The number of anilines is 2. The van der Waals surface area contributed by atoms with E-state index in [4.69, 9.17) is 0 Å². The molecule has 6 nitrogen and oxygen atoms in total. The van der Waals surface area contributed by atoms with E-state index in [1.54, 1.807) is 6.07 Å². The fraction of sp³-hybridized carbons (Fsp3) is 0.261. The van der Waals surface area contributed by atoms with Crippen molar-refractivity contribution in [3.63, 3.8) is 0 Å². The number of nitrogens with one attached hydrogen (secondary N) is 1. The van der Waals surface area contributed by atoms with Crippen LogP contribution >= 0.6 is 0 Å². The maximum atomic E-state index is 12.9. The van der Waals surface area contributed by atoms with E-state index in [0.29, 0.717) is 31.1 Å². The van der Waals surface area contributed by atoms with E-state index in [1.165, 1.54) is 17.6 Å². The Hall–Kier alpha value is -3.41. The number of aryl methyl sites for hydroxylation is 1. The summed E-state index contributed by atoms with van der Waals surface area (Å²) in [6, 6.07) is 20.3. The molecule has 0 saturated carbocycles. The minimum atomic E-state index is -0.0425. The molecule has 1 N–H and O–H groups in total. The molecule has 1 fully saturated rings. The van der Waals surface area contributed by atoms with Gasteiger partial charge in [-0.15, -0.1) is 0 Å². The van der Waals surface area contributed by atoms with E-state index in [2.05, 4.69) is 51.4 Å². The average molecular weight is 387 g/mol. The van der Waals surface area contributed by atoms with Crippen molar-refractivity contribution in [2.75, 3.05) is 36.4 Å². The number of piperazine rings is 1. The third-order valence-electron chi connectivity index (χ3n) is 5.14. The fourth-order valence-corrected chi connectivity index (χ4v) is 3.51. The Kier molecular flexibility index (Phi) is 5.70. The van der Waals surface area contributed by atoms with Crippen LogP contribution in [0.1, 0.15) is 21.6 Å². The maximum absolute atomic E-state index is 12.9. The van der Waals surface area contributed by atoms with Crippen LogP contribution in [-0.4, -0.2) is 47.0 Å². The minimum Gasteiger partial charge on any atom is -0.368 e. The lowest BCUT2D eigenvalue weighted by atomic mass is 10.2. The van der Waals surface area contributed by atoms with E-state index in [1.807, 2.05) is 35.2 Å². The summed E-state index contributed by atoms with van der Waals surface area (Å²) >= 11 is 0. The van der Waals surface area contributed by atoms with Gasteiger partial charge in [0.15, 0.2) is 0 Å². The van der Waals surface area contributed by atoms with Gasteiger partial charge in [-0.2, -0.15) is 0 Å². The van der Waals surface area contributed by atoms with Crippen LogP contribution in [0.2, 0.25) is 0 Å². The highest BCUT2D eigenvalue weighted by Gasteiger charge is 2.23. The van der Waals surface area contributed by atoms with Crippen molar-refractivity contribution in [2.45, 2.75) is 13.5 Å². The molecule has 0 unspecified atom stereocenters. The number of benzene rings is 2. The van der Waals surface area contributed by atoms with Gasteiger partial charge in [0.2, 0.25) is 0 Å². The Bertz CT molecular complexity index is 968. The second-order valence-corrected chi connectivity index (χ2v) is 7.25. The SMILES string of the molecule is Cc1cccc(N2CCN(C(=O)c3cc(NCc4ccccc4)ncn3)CC2)c1. The highest BCUT2D eigenvalue weighted by atomic mass is 16.2. The Balaban J connectivity index is 1.36. The van der Waals surface area contributed by atoms with Crippen molar-refractivity contribution in [3.05, 3.63) is 83.8 Å². The second kappa shape index (κ2) is 8.73. The Morgan fingerprint density at radius 2 is 1.76 bits per heavy atom. The van der Waals surface area contributed by atoms with Crippen LogP contribution in [0.15, 0.2) is 67.0 Å². The molecule has 1 aliphatic heterocycles. The Labute approximate surface area is 171 Å². The fourth-order valence-electron chi connectivity index (χ4n) is 3.51. The molecule has 29 heavy (non-hydrogen) atoms. The monoisotopic (exact) mass is 387 g/mol. The quantitative estimate of drug-likeness (QED) is 0.727. The van der Waals surface area contributed by atoms with Gasteiger partial charge in [0, 0.05) is 44.5 Å². The molecule has 0 spiro atoms. The summed E-state index contributed by atoms with van der Waals surface area (Å²) < 4.78 is 0. The lowest BCUT2D eigenvalue weighted by Gasteiger charge is -2.36. The van der Waals surface area contributed by atoms with Crippen LogP contribution < -0.4 is 10.2 Å². The predicted octanol–water partition coefficient (Wildman–Crippen LogP) is 3.36. The first-order chi connectivity index (χ1) is 14.2. The molecular weight excluding hydrogens is 362 g/mol. The third-order valence-corrected chi connectivity index (χ3v) is 5.14. The molecule has 6 heteroatoms. The average Bonchev–Trinajstić information content (AvgIpc) is 2.78. The molecule has 1 amide bonds. The van der Waals surface area contributed by atoms with Gasteiger partial charge in [-0.05, 0) is 30.2 Å². The number of carbonyl (C=O) groups is 1. The normalized spacial score (nSPS) is 14.0. The van der Waals surface area contributed by atoms with E-state index >= 15 is 0 Å². The molecule has 1 aromatic heterocycles. The minimum absolute atomic E-state index is 0.0425. The molecule has 1 saturated heterocycles. The van der Waals surface area contributed by atoms with E-state index in [0.717, 1.165) is 18.7 Å². The lowest BCUT2D eigenvalue weighted by molar-refractivity contribution is 0.0740. The molecule has 2 heterocycles. The standard InChI is InChI=1S/C23H25N5O/c1-18-6-5-9-20(14-18)27-10-12-28(13-11-27)23(29)21-15-22(26-17-25-21)24-16-19-7-3-2-4-8-19/h2-9,14-15,17H,10-13,16H2,1H3,(H,24,25,26). The van der Waals surface area contributed by atoms with Crippen molar-refractivity contribution in [1.29, 1.82) is 0 Å². The lowest BCUT2D eigenvalue weighted by Crippen LogP contribution is -2.49. The van der Waals surface area contributed by atoms with Crippen molar-refractivity contribution < 1.29 is 4.79 Å². The van der Waals surface area contributed by atoms with Crippen LogP contribution in [0.5, 0.6) is 0 Å². The highest BCUT2D eigenvalue weighted by Crippen LogP contribution is 2.19. The van der Waals surface area contributed by atoms with Crippen molar-refractivity contribution >= 4 is 17.4 Å². The maximum Gasteiger partial charge on any atom is 0.272 e. The van der Waals surface area contributed by atoms with Crippen LogP contribution in [-0.2, 0) is 6.54 Å². The van der Waals surface area contributed by atoms with Gasteiger partial charge in [-0.3, -0.25) is 4.79 Å². The number of aromatic nitrogens is 2. The third kappa shape index (κ3) is 4.71. The predicted molar refractivity (Wildman–Crippen MR) is 115 cm³/mol. The van der Waals surface area contributed by atoms with E-state index < -0.39 is 0 Å².